The summed E-state index contributed by atoms with van der Waals surface area (Å²) < 4.78 is 43.1. The lowest BCUT2D eigenvalue weighted by Gasteiger charge is -2.12. The van der Waals surface area contributed by atoms with Crippen molar-refractivity contribution in [1.82, 2.24) is 9.55 Å². The number of ether oxygens (including phenoxy) is 1. The molecule has 7 nitrogen and oxygen atoms in total. The summed E-state index contributed by atoms with van der Waals surface area (Å²) in [6, 6.07) is 9.97. The molecule has 2 atom stereocenters. The van der Waals surface area contributed by atoms with Crippen molar-refractivity contribution >= 4 is 22.8 Å². The second-order valence-electron chi connectivity index (χ2n) is 6.71. The van der Waals surface area contributed by atoms with Crippen molar-refractivity contribution in [3.8, 4) is 11.6 Å². The fourth-order valence-corrected chi connectivity index (χ4v) is 3.37. The van der Waals surface area contributed by atoms with Gasteiger partial charge in [-0.05, 0) is 36.8 Å². The van der Waals surface area contributed by atoms with Gasteiger partial charge in [-0.15, -0.1) is 13.2 Å². The minimum absolute atomic E-state index is 0.0272. The van der Waals surface area contributed by atoms with E-state index in [1.807, 2.05) is 0 Å². The Morgan fingerprint density at radius 1 is 1.21 bits per heavy atom. The number of nitrogens with two attached hydrogens (primary N) is 1. The average molecular weight is 405 g/mol. The molecule has 4 rings (SSSR count). The van der Waals surface area contributed by atoms with E-state index in [0.717, 1.165) is 12.1 Å². The zero-order valence-corrected chi connectivity index (χ0v) is 14.7. The Morgan fingerprint density at radius 3 is 2.59 bits per heavy atom. The molecule has 2 aromatic heterocycles. The number of halogens is 3. The van der Waals surface area contributed by atoms with Gasteiger partial charge in [-0.3, -0.25) is 14.2 Å². The predicted octanol–water partition coefficient (Wildman–Crippen LogP) is 3.21. The zero-order valence-electron chi connectivity index (χ0n) is 14.7. The number of carbonyl (C=O) groups excluding carboxylic acids is 1. The number of amides is 1. The van der Waals surface area contributed by atoms with Gasteiger partial charge in [0.2, 0.25) is 0 Å². The second-order valence-corrected chi connectivity index (χ2v) is 6.71. The summed E-state index contributed by atoms with van der Waals surface area (Å²) in [6.45, 7) is 0. The predicted molar refractivity (Wildman–Crippen MR) is 94.8 cm³/mol. The largest absolute Gasteiger partial charge is 0.573 e. The molecule has 0 saturated heterocycles. The van der Waals surface area contributed by atoms with Gasteiger partial charge in [-0.1, -0.05) is 6.07 Å². The number of hydrogen-bond donors (Lipinski definition) is 2. The van der Waals surface area contributed by atoms with E-state index in [1.54, 1.807) is 18.2 Å². The highest BCUT2D eigenvalue weighted by atomic mass is 19.4. The van der Waals surface area contributed by atoms with E-state index >= 15 is 0 Å². The Morgan fingerprint density at radius 2 is 1.97 bits per heavy atom. The van der Waals surface area contributed by atoms with Crippen LogP contribution < -0.4 is 10.5 Å². The van der Waals surface area contributed by atoms with Crippen LogP contribution in [0.15, 0.2) is 42.5 Å². The first-order valence-corrected chi connectivity index (χ1v) is 8.55. The van der Waals surface area contributed by atoms with E-state index in [-0.39, 0.29) is 22.9 Å². The number of rotatable bonds is 5. The normalized spacial score (nSPS) is 18.6. The molecule has 3 N–H and O–H groups in total. The SMILES string of the molecule is NC(=O)c1cc2ccc(OC(F)(F)F)cc2n1-c1cccc([C@H]2C[C@@H]2C(=O)O)n1. The van der Waals surface area contributed by atoms with Crippen LogP contribution in [0, 0.1) is 5.92 Å². The number of carboxylic acid groups (broad SMARTS) is 1. The Bertz CT molecular complexity index is 1140. The van der Waals surface area contributed by atoms with Gasteiger partial charge < -0.3 is 15.6 Å². The maximum absolute atomic E-state index is 12.6. The van der Waals surface area contributed by atoms with Crippen molar-refractivity contribution in [3.05, 3.63) is 53.9 Å². The summed E-state index contributed by atoms with van der Waals surface area (Å²) >= 11 is 0. The number of aliphatic carboxylic acids is 1. The monoisotopic (exact) mass is 405 g/mol. The molecule has 10 heteroatoms. The van der Waals surface area contributed by atoms with Crippen LogP contribution in [-0.4, -0.2) is 32.9 Å². The van der Waals surface area contributed by atoms with Crippen molar-refractivity contribution in [2.45, 2.75) is 18.7 Å². The van der Waals surface area contributed by atoms with Gasteiger partial charge >= 0.3 is 12.3 Å². The Hall–Kier alpha value is -3.56. The van der Waals surface area contributed by atoms with Crippen LogP contribution in [0.5, 0.6) is 5.75 Å². The number of carbonyl (C=O) groups is 2. The van der Waals surface area contributed by atoms with Crippen LogP contribution in [-0.2, 0) is 4.79 Å². The average Bonchev–Trinajstić information content (AvgIpc) is 3.35. The van der Waals surface area contributed by atoms with Crippen molar-refractivity contribution < 1.29 is 32.6 Å². The van der Waals surface area contributed by atoms with E-state index in [2.05, 4.69) is 9.72 Å². The van der Waals surface area contributed by atoms with Gasteiger partial charge in [0.25, 0.3) is 5.91 Å². The molecule has 1 aliphatic carbocycles. The van der Waals surface area contributed by atoms with Crippen LogP contribution in [0.25, 0.3) is 16.7 Å². The molecule has 1 aliphatic rings. The van der Waals surface area contributed by atoms with Gasteiger partial charge in [-0.25, -0.2) is 4.98 Å². The Balaban J connectivity index is 1.83. The number of benzene rings is 1. The van der Waals surface area contributed by atoms with Gasteiger partial charge in [0.15, 0.2) is 0 Å². The quantitative estimate of drug-likeness (QED) is 0.678. The molecule has 0 unspecified atom stereocenters. The van der Waals surface area contributed by atoms with Gasteiger partial charge in [0.05, 0.1) is 11.4 Å². The molecule has 2 heterocycles. The number of carboxylic acids is 1. The van der Waals surface area contributed by atoms with E-state index in [0.29, 0.717) is 17.5 Å². The summed E-state index contributed by atoms with van der Waals surface area (Å²) in [4.78, 5) is 27.5. The topological polar surface area (TPSA) is 107 Å². The minimum Gasteiger partial charge on any atom is -0.481 e. The zero-order chi connectivity index (χ0) is 20.9. The number of nitrogens with zero attached hydrogens (tertiary/aromatic N) is 2. The second kappa shape index (κ2) is 6.50. The van der Waals surface area contributed by atoms with Crippen LogP contribution in [0.2, 0.25) is 0 Å². The molecular formula is C19H14F3N3O4. The van der Waals surface area contributed by atoms with Crippen LogP contribution >= 0.6 is 0 Å². The van der Waals surface area contributed by atoms with Crippen LogP contribution in [0.4, 0.5) is 13.2 Å². The van der Waals surface area contributed by atoms with E-state index in [4.69, 9.17) is 10.8 Å². The summed E-state index contributed by atoms with van der Waals surface area (Å²) in [5.74, 6) is -2.70. The number of fused-ring (bicyclic) bond motifs is 1. The molecule has 1 fully saturated rings. The molecule has 1 aromatic carbocycles. The molecular weight excluding hydrogens is 391 g/mol. The highest BCUT2D eigenvalue weighted by Crippen LogP contribution is 2.47. The molecule has 1 amide bonds. The highest BCUT2D eigenvalue weighted by Gasteiger charge is 2.45. The fourth-order valence-electron chi connectivity index (χ4n) is 3.37. The minimum atomic E-state index is -4.87. The lowest BCUT2D eigenvalue weighted by molar-refractivity contribution is -0.274. The molecule has 0 bridgehead atoms. The molecule has 0 spiro atoms. The summed E-state index contributed by atoms with van der Waals surface area (Å²) in [6.07, 6.45) is -4.42. The van der Waals surface area contributed by atoms with Crippen molar-refractivity contribution in [2.24, 2.45) is 11.7 Å². The standard InChI is InChI=1S/C19H14F3N3O4/c20-19(21,22)29-10-5-4-9-6-15(17(23)26)25(14(9)7-10)16-3-1-2-13(24-16)11-8-12(11)18(27)28/h1-7,11-12H,8H2,(H2,23,26)(H,27,28)/t11-,12-/m0/s1. The first kappa shape index (κ1) is 18.8. The van der Waals surface area contributed by atoms with E-state index in [1.165, 1.54) is 16.7 Å². The summed E-state index contributed by atoms with van der Waals surface area (Å²) in [7, 11) is 0. The summed E-state index contributed by atoms with van der Waals surface area (Å²) in [5, 5.41) is 9.59. The Kier molecular flexibility index (Phi) is 4.21. The third kappa shape index (κ3) is 3.60. The smallest absolute Gasteiger partial charge is 0.481 e. The third-order valence-electron chi connectivity index (χ3n) is 4.73. The first-order chi connectivity index (χ1) is 13.6. The van der Waals surface area contributed by atoms with Gasteiger partial charge in [0.1, 0.15) is 17.3 Å². The van der Waals surface area contributed by atoms with E-state index < -0.39 is 29.9 Å². The summed E-state index contributed by atoms with van der Waals surface area (Å²) in [5.41, 5.74) is 6.25. The highest BCUT2D eigenvalue weighted by molar-refractivity contribution is 5.99. The molecule has 3 aromatic rings. The number of alkyl halides is 3. The van der Waals surface area contributed by atoms with Gasteiger partial charge in [-0.2, -0.15) is 0 Å². The molecule has 29 heavy (non-hydrogen) atoms. The fraction of sp³-hybridized carbons (Fsp3) is 0.211. The lowest BCUT2D eigenvalue weighted by atomic mass is 10.2. The van der Waals surface area contributed by atoms with E-state index in [9.17, 15) is 22.8 Å². The molecule has 150 valence electrons. The number of pyridine rings is 1. The molecule has 1 saturated carbocycles. The lowest BCUT2D eigenvalue weighted by Crippen LogP contribution is -2.17. The van der Waals surface area contributed by atoms with Crippen LogP contribution in [0.1, 0.15) is 28.5 Å². The maximum atomic E-state index is 12.6. The molecule has 0 aliphatic heterocycles. The van der Waals surface area contributed by atoms with Gasteiger partial charge in [0, 0.05) is 23.1 Å². The molecule has 0 radical (unpaired) electrons. The Labute approximate surface area is 161 Å². The maximum Gasteiger partial charge on any atom is 0.573 e. The van der Waals surface area contributed by atoms with Crippen molar-refractivity contribution in [2.75, 3.05) is 0 Å². The first-order valence-electron chi connectivity index (χ1n) is 8.55. The number of primary amides is 1. The van der Waals surface area contributed by atoms with Crippen LogP contribution in [0.3, 0.4) is 0 Å². The van der Waals surface area contributed by atoms with Crippen molar-refractivity contribution in [3.63, 3.8) is 0 Å². The third-order valence-corrected chi connectivity index (χ3v) is 4.73. The van der Waals surface area contributed by atoms with Crippen molar-refractivity contribution in [1.29, 1.82) is 0 Å². The number of hydrogen-bond acceptors (Lipinski definition) is 4. The number of aromatic nitrogens is 2.